The van der Waals surface area contributed by atoms with Gasteiger partial charge in [0.05, 0.1) is 12.0 Å². The summed E-state index contributed by atoms with van der Waals surface area (Å²) in [6, 6.07) is 6.40. The van der Waals surface area contributed by atoms with Gasteiger partial charge in [0.1, 0.15) is 0 Å². The van der Waals surface area contributed by atoms with Crippen LogP contribution in [0.4, 0.5) is 0 Å². The molecule has 108 valence electrons. The fraction of sp³-hybridized carbons (Fsp3) is 0.357. The molecule has 0 unspecified atom stereocenters. The molecule has 1 aromatic rings. The van der Waals surface area contributed by atoms with E-state index in [2.05, 4.69) is 5.32 Å². The Hall–Kier alpha value is -2.37. The van der Waals surface area contributed by atoms with Gasteiger partial charge in [0.2, 0.25) is 11.8 Å². The number of nitrogens with one attached hydrogen (secondary N) is 1. The van der Waals surface area contributed by atoms with Crippen molar-refractivity contribution in [2.45, 2.75) is 12.8 Å². The molecule has 2 amide bonds. The molecule has 0 aliphatic heterocycles. The topological polar surface area (TPSA) is 86.7 Å². The average molecular weight is 278 g/mol. The Morgan fingerprint density at radius 1 is 1.25 bits per heavy atom. The van der Waals surface area contributed by atoms with Gasteiger partial charge in [0, 0.05) is 27.1 Å². The second-order valence-corrected chi connectivity index (χ2v) is 4.38. The van der Waals surface area contributed by atoms with Crippen molar-refractivity contribution >= 4 is 17.8 Å². The number of carbonyl (C=O) groups excluding carboxylic acids is 2. The molecule has 0 aliphatic rings. The number of carbonyl (C=O) groups is 3. The minimum absolute atomic E-state index is 0.00666. The van der Waals surface area contributed by atoms with E-state index in [-0.39, 0.29) is 30.2 Å². The highest BCUT2D eigenvalue weighted by Gasteiger charge is 2.15. The van der Waals surface area contributed by atoms with Crippen LogP contribution >= 0.6 is 0 Å². The third kappa shape index (κ3) is 4.38. The number of carboxylic acids is 1. The molecular formula is C14H18N2O4. The van der Waals surface area contributed by atoms with E-state index >= 15 is 0 Å². The fourth-order valence-corrected chi connectivity index (χ4v) is 1.70. The summed E-state index contributed by atoms with van der Waals surface area (Å²) in [5.74, 6) is -1.42. The Morgan fingerprint density at radius 2 is 1.90 bits per heavy atom. The molecule has 0 saturated heterocycles. The van der Waals surface area contributed by atoms with Crippen molar-refractivity contribution in [3.8, 4) is 0 Å². The standard InChI is InChI=1S/C14H18N2O4/c1-15-12(17)7-8-16(2)13(18)9-10-5-3-4-6-11(10)14(19)20/h3-6H,7-9H2,1-2H3,(H,15,17)(H,19,20). The Balaban J connectivity index is 2.66. The molecule has 0 radical (unpaired) electrons. The zero-order valence-electron chi connectivity index (χ0n) is 11.5. The Labute approximate surface area is 117 Å². The van der Waals surface area contributed by atoms with E-state index in [0.717, 1.165) is 0 Å². The summed E-state index contributed by atoms with van der Waals surface area (Å²) < 4.78 is 0. The minimum Gasteiger partial charge on any atom is -0.478 e. The van der Waals surface area contributed by atoms with E-state index in [1.807, 2.05) is 0 Å². The number of hydrogen-bond donors (Lipinski definition) is 2. The summed E-state index contributed by atoms with van der Waals surface area (Å²) in [4.78, 5) is 35.6. The normalized spacial score (nSPS) is 9.90. The lowest BCUT2D eigenvalue weighted by Gasteiger charge is -2.17. The summed E-state index contributed by atoms with van der Waals surface area (Å²) in [7, 11) is 3.13. The van der Waals surface area contributed by atoms with Gasteiger partial charge >= 0.3 is 5.97 Å². The van der Waals surface area contributed by atoms with Crippen molar-refractivity contribution in [3.05, 3.63) is 35.4 Å². The molecule has 0 bridgehead atoms. The maximum atomic E-state index is 12.0. The van der Waals surface area contributed by atoms with Crippen LogP contribution in [-0.2, 0) is 16.0 Å². The van der Waals surface area contributed by atoms with E-state index < -0.39 is 5.97 Å². The highest BCUT2D eigenvalue weighted by atomic mass is 16.4. The smallest absolute Gasteiger partial charge is 0.335 e. The van der Waals surface area contributed by atoms with Crippen molar-refractivity contribution in [2.24, 2.45) is 0 Å². The third-order valence-corrected chi connectivity index (χ3v) is 2.97. The van der Waals surface area contributed by atoms with Crippen molar-refractivity contribution in [3.63, 3.8) is 0 Å². The summed E-state index contributed by atoms with van der Waals surface area (Å²) in [6.45, 7) is 0.299. The molecule has 6 nitrogen and oxygen atoms in total. The molecule has 0 fully saturated rings. The first-order valence-electron chi connectivity index (χ1n) is 6.21. The van der Waals surface area contributed by atoms with Gasteiger partial charge < -0.3 is 15.3 Å². The third-order valence-electron chi connectivity index (χ3n) is 2.97. The molecule has 0 saturated carbocycles. The van der Waals surface area contributed by atoms with Crippen molar-refractivity contribution in [1.82, 2.24) is 10.2 Å². The van der Waals surface area contributed by atoms with Crippen LogP contribution in [0, 0.1) is 0 Å². The Morgan fingerprint density at radius 3 is 2.50 bits per heavy atom. The zero-order chi connectivity index (χ0) is 15.1. The molecule has 2 N–H and O–H groups in total. The molecule has 1 rings (SSSR count). The maximum Gasteiger partial charge on any atom is 0.335 e. The van der Waals surface area contributed by atoms with Crippen LogP contribution < -0.4 is 5.32 Å². The van der Waals surface area contributed by atoms with E-state index in [9.17, 15) is 14.4 Å². The molecule has 0 heterocycles. The highest BCUT2D eigenvalue weighted by molar-refractivity contribution is 5.91. The molecule has 0 atom stereocenters. The number of benzene rings is 1. The van der Waals surface area contributed by atoms with Crippen LogP contribution in [0.25, 0.3) is 0 Å². The van der Waals surface area contributed by atoms with Crippen LogP contribution in [0.3, 0.4) is 0 Å². The van der Waals surface area contributed by atoms with Gasteiger partial charge in [-0.05, 0) is 11.6 Å². The Kier molecular flexibility index (Phi) is 5.71. The summed E-state index contributed by atoms with van der Waals surface area (Å²) in [5, 5.41) is 11.5. The summed E-state index contributed by atoms with van der Waals surface area (Å²) in [5.41, 5.74) is 0.595. The monoisotopic (exact) mass is 278 g/mol. The first-order chi connectivity index (χ1) is 9.45. The lowest BCUT2D eigenvalue weighted by Crippen LogP contribution is -2.32. The van der Waals surface area contributed by atoms with E-state index in [0.29, 0.717) is 12.1 Å². The fourth-order valence-electron chi connectivity index (χ4n) is 1.70. The van der Waals surface area contributed by atoms with Gasteiger partial charge in [-0.15, -0.1) is 0 Å². The molecule has 6 heteroatoms. The van der Waals surface area contributed by atoms with Crippen LogP contribution in [0.15, 0.2) is 24.3 Å². The van der Waals surface area contributed by atoms with Gasteiger partial charge in [-0.3, -0.25) is 9.59 Å². The average Bonchev–Trinajstić information content (AvgIpc) is 2.44. The maximum absolute atomic E-state index is 12.0. The van der Waals surface area contributed by atoms with Crippen LogP contribution in [0.5, 0.6) is 0 Å². The van der Waals surface area contributed by atoms with Gasteiger partial charge in [-0.2, -0.15) is 0 Å². The molecule has 0 aromatic heterocycles. The molecule has 20 heavy (non-hydrogen) atoms. The van der Waals surface area contributed by atoms with Crippen LogP contribution in [-0.4, -0.2) is 48.4 Å². The predicted molar refractivity (Wildman–Crippen MR) is 73.4 cm³/mol. The number of carboxylic acid groups (broad SMARTS) is 1. The van der Waals surface area contributed by atoms with Gasteiger partial charge in [0.15, 0.2) is 0 Å². The number of amides is 2. The lowest BCUT2D eigenvalue weighted by molar-refractivity contribution is -0.129. The number of likely N-dealkylation sites (N-methyl/N-ethyl adjacent to an activating group) is 1. The quantitative estimate of drug-likeness (QED) is 0.794. The summed E-state index contributed by atoms with van der Waals surface area (Å²) in [6.07, 6.45) is 0.228. The SMILES string of the molecule is CNC(=O)CCN(C)C(=O)Cc1ccccc1C(=O)O. The zero-order valence-corrected chi connectivity index (χ0v) is 11.5. The number of nitrogens with zero attached hydrogens (tertiary/aromatic N) is 1. The number of hydrogen-bond acceptors (Lipinski definition) is 3. The first-order valence-corrected chi connectivity index (χ1v) is 6.21. The molecule has 0 spiro atoms. The number of rotatable bonds is 6. The number of aromatic carboxylic acids is 1. The lowest BCUT2D eigenvalue weighted by atomic mass is 10.0. The van der Waals surface area contributed by atoms with E-state index in [1.165, 1.54) is 18.0 Å². The summed E-state index contributed by atoms with van der Waals surface area (Å²) >= 11 is 0. The highest BCUT2D eigenvalue weighted by Crippen LogP contribution is 2.10. The first kappa shape index (κ1) is 15.7. The molecule has 1 aromatic carbocycles. The van der Waals surface area contributed by atoms with E-state index in [1.54, 1.807) is 25.2 Å². The largest absolute Gasteiger partial charge is 0.478 e. The van der Waals surface area contributed by atoms with Crippen LogP contribution in [0.2, 0.25) is 0 Å². The second-order valence-electron chi connectivity index (χ2n) is 4.38. The predicted octanol–water partition coefficient (Wildman–Crippen LogP) is 0.522. The second kappa shape index (κ2) is 7.28. The minimum atomic E-state index is -1.05. The molecular weight excluding hydrogens is 260 g/mol. The van der Waals surface area contributed by atoms with Crippen molar-refractivity contribution in [1.29, 1.82) is 0 Å². The Bertz CT molecular complexity index is 514. The van der Waals surface area contributed by atoms with E-state index in [4.69, 9.17) is 5.11 Å². The van der Waals surface area contributed by atoms with Gasteiger partial charge in [0.25, 0.3) is 0 Å². The van der Waals surface area contributed by atoms with Crippen LogP contribution in [0.1, 0.15) is 22.3 Å². The van der Waals surface area contributed by atoms with Crippen molar-refractivity contribution < 1.29 is 19.5 Å². The van der Waals surface area contributed by atoms with Gasteiger partial charge in [-0.1, -0.05) is 18.2 Å². The van der Waals surface area contributed by atoms with Crippen molar-refractivity contribution in [2.75, 3.05) is 20.6 Å². The van der Waals surface area contributed by atoms with Gasteiger partial charge in [-0.25, -0.2) is 4.79 Å². The molecule has 0 aliphatic carbocycles.